The molecule has 1 N–H and O–H groups in total. The van der Waals surface area contributed by atoms with E-state index in [0.717, 1.165) is 29.9 Å². The predicted octanol–water partition coefficient (Wildman–Crippen LogP) is 3.68. The van der Waals surface area contributed by atoms with E-state index in [1.807, 2.05) is 19.1 Å². The lowest BCUT2D eigenvalue weighted by molar-refractivity contribution is -0.126. The van der Waals surface area contributed by atoms with Gasteiger partial charge in [0.15, 0.2) is 0 Å². The molecule has 2 aliphatic rings. The molecular formula is C22H26N4O5S2. The average Bonchev–Trinajstić information content (AvgIpc) is 3.52. The average molecular weight is 491 g/mol. The number of piperidine rings is 1. The monoisotopic (exact) mass is 490 g/mol. The molecule has 1 aliphatic heterocycles. The molecule has 0 spiro atoms. The first kappa shape index (κ1) is 22.3. The lowest BCUT2D eigenvalue weighted by Crippen LogP contribution is -2.42. The maximum atomic E-state index is 13.1. The Morgan fingerprint density at radius 3 is 2.70 bits per heavy atom. The van der Waals surface area contributed by atoms with Crippen molar-refractivity contribution in [1.82, 2.24) is 19.8 Å². The molecule has 1 saturated heterocycles. The summed E-state index contributed by atoms with van der Waals surface area (Å²) in [5.41, 5.74) is 0.648. The lowest BCUT2D eigenvalue weighted by Gasteiger charge is -2.30. The molecule has 1 saturated carbocycles. The highest BCUT2D eigenvalue weighted by molar-refractivity contribution is 7.91. The van der Waals surface area contributed by atoms with Gasteiger partial charge in [-0.05, 0) is 50.8 Å². The van der Waals surface area contributed by atoms with Gasteiger partial charge in [-0.15, -0.1) is 11.3 Å². The van der Waals surface area contributed by atoms with Gasteiger partial charge in [0.1, 0.15) is 15.7 Å². The Labute approximate surface area is 196 Å². The van der Waals surface area contributed by atoms with Crippen LogP contribution < -0.4 is 5.32 Å². The van der Waals surface area contributed by atoms with E-state index in [0.29, 0.717) is 61.4 Å². The maximum Gasteiger partial charge on any atom is 0.252 e. The predicted molar refractivity (Wildman–Crippen MR) is 121 cm³/mol. The number of thiophene rings is 1. The number of hydrogen-bond donors (Lipinski definition) is 1. The molecule has 1 aliphatic carbocycles. The minimum atomic E-state index is -3.63. The summed E-state index contributed by atoms with van der Waals surface area (Å²) in [4.78, 5) is 16.9. The van der Waals surface area contributed by atoms with Crippen molar-refractivity contribution in [3.8, 4) is 11.4 Å². The van der Waals surface area contributed by atoms with E-state index in [4.69, 9.17) is 8.94 Å². The number of hydrogen-bond acceptors (Lipinski definition) is 8. The fraction of sp³-hybridized carbons (Fsp3) is 0.500. The van der Waals surface area contributed by atoms with Gasteiger partial charge in [0.25, 0.3) is 10.0 Å². The van der Waals surface area contributed by atoms with E-state index >= 15 is 0 Å². The number of furan rings is 1. The van der Waals surface area contributed by atoms with Crippen molar-refractivity contribution >= 4 is 27.3 Å². The van der Waals surface area contributed by atoms with Crippen LogP contribution in [0.2, 0.25) is 0 Å². The zero-order chi connectivity index (χ0) is 23.0. The SMILES string of the molecule is Cc1ccc(CNC(=O)C2CCN(S(=O)(=O)c3cc(-c4noc(C5CCC5)n4)cs3)CC2)o1. The molecule has 33 heavy (non-hydrogen) atoms. The van der Waals surface area contributed by atoms with Crippen LogP contribution >= 0.6 is 11.3 Å². The standard InChI is InChI=1S/C22H26N4O5S2/c1-14-5-6-18(30-14)12-23-21(27)15-7-9-26(10-8-15)33(28,29)19-11-17(13-32-19)20-24-22(31-25-20)16-3-2-4-16/h5-6,11,13,15-16H,2-4,7-10,12H2,1H3,(H,23,27). The first-order valence-electron chi connectivity index (χ1n) is 11.2. The molecule has 5 rings (SSSR count). The van der Waals surface area contributed by atoms with E-state index in [2.05, 4.69) is 15.5 Å². The summed E-state index contributed by atoms with van der Waals surface area (Å²) in [6, 6.07) is 5.30. The van der Waals surface area contributed by atoms with E-state index in [-0.39, 0.29) is 16.0 Å². The molecule has 3 aromatic heterocycles. The quantitative estimate of drug-likeness (QED) is 0.536. The zero-order valence-corrected chi connectivity index (χ0v) is 20.0. The number of amides is 1. The summed E-state index contributed by atoms with van der Waals surface area (Å²) in [5.74, 6) is 2.61. The summed E-state index contributed by atoms with van der Waals surface area (Å²) in [6.45, 7) is 2.80. The van der Waals surface area contributed by atoms with Gasteiger partial charge >= 0.3 is 0 Å². The third kappa shape index (κ3) is 4.62. The number of aryl methyl sites for hydroxylation is 1. The Kier molecular flexibility index (Phi) is 6.11. The van der Waals surface area contributed by atoms with Gasteiger partial charge < -0.3 is 14.3 Å². The number of carbonyl (C=O) groups is 1. The molecule has 9 nitrogen and oxygen atoms in total. The van der Waals surface area contributed by atoms with Crippen molar-refractivity contribution in [3.63, 3.8) is 0 Å². The molecule has 2 fully saturated rings. The van der Waals surface area contributed by atoms with Crippen molar-refractivity contribution in [1.29, 1.82) is 0 Å². The van der Waals surface area contributed by atoms with Crippen LogP contribution in [0.3, 0.4) is 0 Å². The van der Waals surface area contributed by atoms with Gasteiger partial charge in [0.2, 0.25) is 17.6 Å². The fourth-order valence-corrected chi connectivity index (χ4v) is 6.91. The van der Waals surface area contributed by atoms with Crippen LogP contribution in [0.25, 0.3) is 11.4 Å². The third-order valence-corrected chi connectivity index (χ3v) is 9.70. The highest BCUT2D eigenvalue weighted by Gasteiger charge is 2.33. The Balaban J connectivity index is 1.18. The van der Waals surface area contributed by atoms with Crippen LogP contribution in [0.5, 0.6) is 0 Å². The molecule has 0 bridgehead atoms. The van der Waals surface area contributed by atoms with Crippen LogP contribution in [-0.2, 0) is 21.4 Å². The summed E-state index contributed by atoms with van der Waals surface area (Å²) in [7, 11) is -3.63. The normalized spacial score (nSPS) is 18.3. The minimum absolute atomic E-state index is 0.0705. The molecule has 4 heterocycles. The topological polar surface area (TPSA) is 119 Å². The molecule has 176 valence electrons. The Morgan fingerprint density at radius 1 is 1.24 bits per heavy atom. The number of nitrogens with zero attached hydrogens (tertiary/aromatic N) is 3. The number of rotatable bonds is 7. The third-order valence-electron chi connectivity index (χ3n) is 6.38. The molecule has 11 heteroatoms. The number of carbonyl (C=O) groups excluding carboxylic acids is 1. The molecule has 0 atom stereocenters. The summed E-state index contributed by atoms with van der Waals surface area (Å²) in [5, 5.41) is 8.66. The van der Waals surface area contributed by atoms with Gasteiger partial charge in [-0.3, -0.25) is 4.79 Å². The Bertz CT molecular complexity index is 1230. The summed E-state index contributed by atoms with van der Waals surface area (Å²) >= 11 is 1.16. The number of aromatic nitrogens is 2. The van der Waals surface area contributed by atoms with E-state index < -0.39 is 10.0 Å². The van der Waals surface area contributed by atoms with Gasteiger partial charge in [0, 0.05) is 35.9 Å². The summed E-state index contributed by atoms with van der Waals surface area (Å²) < 4.78 is 38.8. The fourth-order valence-electron chi connectivity index (χ4n) is 4.13. The number of nitrogens with one attached hydrogen (secondary N) is 1. The van der Waals surface area contributed by atoms with E-state index in [9.17, 15) is 13.2 Å². The van der Waals surface area contributed by atoms with Crippen molar-refractivity contribution in [3.05, 3.63) is 41.0 Å². The minimum Gasteiger partial charge on any atom is -0.465 e. The first-order chi connectivity index (χ1) is 15.9. The van der Waals surface area contributed by atoms with Crippen molar-refractivity contribution in [2.24, 2.45) is 5.92 Å². The smallest absolute Gasteiger partial charge is 0.252 e. The van der Waals surface area contributed by atoms with Crippen molar-refractivity contribution in [2.75, 3.05) is 13.1 Å². The van der Waals surface area contributed by atoms with Gasteiger partial charge in [-0.1, -0.05) is 11.6 Å². The molecular weight excluding hydrogens is 464 g/mol. The van der Waals surface area contributed by atoms with Gasteiger partial charge in [0.05, 0.1) is 6.54 Å². The highest BCUT2D eigenvalue weighted by atomic mass is 32.2. The highest BCUT2D eigenvalue weighted by Crippen LogP contribution is 2.37. The molecule has 1 amide bonds. The van der Waals surface area contributed by atoms with Gasteiger partial charge in [-0.2, -0.15) is 9.29 Å². The zero-order valence-electron chi connectivity index (χ0n) is 18.3. The molecule has 0 radical (unpaired) electrons. The van der Waals surface area contributed by atoms with Crippen LogP contribution in [0.1, 0.15) is 55.4 Å². The molecule has 0 unspecified atom stereocenters. The van der Waals surface area contributed by atoms with Crippen LogP contribution in [0, 0.1) is 12.8 Å². The largest absolute Gasteiger partial charge is 0.465 e. The van der Waals surface area contributed by atoms with E-state index in [1.54, 1.807) is 11.4 Å². The van der Waals surface area contributed by atoms with Crippen LogP contribution in [0.15, 0.2) is 36.7 Å². The van der Waals surface area contributed by atoms with Gasteiger partial charge in [-0.25, -0.2) is 8.42 Å². The Hall–Kier alpha value is -2.50. The second kappa shape index (κ2) is 9.03. The van der Waals surface area contributed by atoms with Crippen LogP contribution in [-0.4, -0.2) is 41.9 Å². The molecule has 3 aromatic rings. The van der Waals surface area contributed by atoms with Crippen molar-refractivity contribution < 1.29 is 22.2 Å². The van der Waals surface area contributed by atoms with E-state index in [1.165, 1.54) is 10.7 Å². The Morgan fingerprint density at radius 2 is 2.03 bits per heavy atom. The maximum absolute atomic E-state index is 13.1. The lowest BCUT2D eigenvalue weighted by atomic mass is 9.85. The summed E-state index contributed by atoms with van der Waals surface area (Å²) in [6.07, 6.45) is 4.25. The molecule has 0 aromatic carbocycles. The second-order valence-electron chi connectivity index (χ2n) is 8.65. The van der Waals surface area contributed by atoms with Crippen molar-refractivity contribution in [2.45, 2.75) is 55.7 Å². The number of sulfonamides is 1. The van der Waals surface area contributed by atoms with Crippen LogP contribution in [0.4, 0.5) is 0 Å². The first-order valence-corrected chi connectivity index (χ1v) is 13.5. The second-order valence-corrected chi connectivity index (χ2v) is 11.7.